The van der Waals surface area contributed by atoms with Gasteiger partial charge in [-0.05, 0) is 29.0 Å². The van der Waals surface area contributed by atoms with Crippen molar-refractivity contribution in [2.24, 2.45) is 0 Å². The molecule has 0 aliphatic carbocycles. The first-order chi connectivity index (χ1) is 9.06. The Balaban J connectivity index is 2.59. The zero-order valence-electron chi connectivity index (χ0n) is 10.2. The zero-order chi connectivity index (χ0) is 14.3. The van der Waals surface area contributed by atoms with Crippen LogP contribution in [0, 0.1) is 19.5 Å². The fourth-order valence-electron chi connectivity index (χ4n) is 1.36. The van der Waals surface area contributed by atoms with E-state index in [2.05, 4.69) is 11.9 Å². The average Bonchev–Trinajstić information content (AvgIpc) is 2.37. The molecule has 1 aromatic rings. The molecule has 7 heteroatoms. The third-order valence-electron chi connectivity index (χ3n) is 2.26. The minimum Gasteiger partial charge on any atom is -0.379 e. The molecular weight excluding hydrogens is 366 g/mol. The lowest BCUT2D eigenvalue weighted by Crippen LogP contribution is -2.11. The lowest BCUT2D eigenvalue weighted by atomic mass is 10.2. The number of benzene rings is 1. The molecule has 104 valence electrons. The van der Waals surface area contributed by atoms with Gasteiger partial charge in [-0.15, -0.1) is 6.58 Å². The highest BCUT2D eigenvalue weighted by Gasteiger charge is 2.16. The number of ether oxygens (including phenoxy) is 1. The first-order valence-electron chi connectivity index (χ1n) is 5.62. The van der Waals surface area contributed by atoms with E-state index in [9.17, 15) is 14.5 Å². The Morgan fingerprint density at radius 3 is 2.89 bits per heavy atom. The molecule has 19 heavy (non-hydrogen) atoms. The maximum atomic E-state index is 13.4. The topological polar surface area (TPSA) is 64.4 Å². The first-order valence-corrected chi connectivity index (χ1v) is 6.70. The van der Waals surface area contributed by atoms with Crippen LogP contribution in [0.4, 0.5) is 15.8 Å². The number of hydrogen-bond acceptors (Lipinski definition) is 4. The molecule has 0 bridgehead atoms. The summed E-state index contributed by atoms with van der Waals surface area (Å²) in [5.41, 5.74) is 0.0205. The number of anilines is 1. The first kappa shape index (κ1) is 15.8. The molecule has 1 rings (SSSR count). The Labute approximate surface area is 124 Å². The molecule has 0 saturated heterocycles. The fourth-order valence-corrected chi connectivity index (χ4v) is 1.81. The number of halogens is 2. The molecule has 0 radical (unpaired) electrons. The van der Waals surface area contributed by atoms with Crippen molar-refractivity contribution >= 4 is 34.0 Å². The molecular formula is C12H14FIN2O3. The van der Waals surface area contributed by atoms with Crippen molar-refractivity contribution in [1.29, 1.82) is 0 Å². The molecule has 5 nitrogen and oxygen atoms in total. The molecule has 0 aliphatic heterocycles. The molecule has 0 aliphatic rings. The second-order valence-electron chi connectivity index (χ2n) is 3.66. The van der Waals surface area contributed by atoms with Gasteiger partial charge in [0.2, 0.25) is 0 Å². The lowest BCUT2D eigenvalue weighted by molar-refractivity contribution is -0.384. The van der Waals surface area contributed by atoms with Gasteiger partial charge in [0.1, 0.15) is 11.5 Å². The number of nitrogens with zero attached hydrogens (tertiary/aromatic N) is 1. The van der Waals surface area contributed by atoms with E-state index in [0.717, 1.165) is 12.5 Å². The Morgan fingerprint density at radius 2 is 2.26 bits per heavy atom. The highest BCUT2D eigenvalue weighted by Crippen LogP contribution is 2.28. The summed E-state index contributed by atoms with van der Waals surface area (Å²) in [6.07, 6.45) is 2.49. The summed E-state index contributed by atoms with van der Waals surface area (Å²) in [4.78, 5) is 10.3. The van der Waals surface area contributed by atoms with E-state index in [0.29, 0.717) is 19.8 Å². The van der Waals surface area contributed by atoms with Crippen molar-refractivity contribution in [1.82, 2.24) is 0 Å². The van der Waals surface area contributed by atoms with Gasteiger partial charge >= 0.3 is 0 Å². The van der Waals surface area contributed by atoms with Crippen LogP contribution in [-0.2, 0) is 4.74 Å². The molecule has 0 fully saturated rings. The van der Waals surface area contributed by atoms with Crippen LogP contribution in [-0.4, -0.2) is 24.7 Å². The molecule has 1 N–H and O–H groups in total. The van der Waals surface area contributed by atoms with Gasteiger partial charge in [0.25, 0.3) is 5.69 Å². The Bertz CT molecular complexity index is 469. The summed E-state index contributed by atoms with van der Waals surface area (Å²) < 4.78 is 18.9. The van der Waals surface area contributed by atoms with Gasteiger partial charge < -0.3 is 10.1 Å². The largest absolute Gasteiger partial charge is 0.379 e. The third kappa shape index (κ3) is 5.11. The lowest BCUT2D eigenvalue weighted by Gasteiger charge is -2.08. The Morgan fingerprint density at radius 1 is 1.53 bits per heavy atom. The normalized spacial score (nSPS) is 10.2. The number of rotatable bonds is 8. The molecule has 0 spiro atoms. The van der Waals surface area contributed by atoms with Gasteiger partial charge in [0.15, 0.2) is 0 Å². The van der Waals surface area contributed by atoms with E-state index in [-0.39, 0.29) is 14.9 Å². The predicted octanol–water partition coefficient (Wildman–Crippen LogP) is 3.34. The van der Waals surface area contributed by atoms with E-state index < -0.39 is 10.7 Å². The predicted molar refractivity (Wildman–Crippen MR) is 79.9 cm³/mol. The van der Waals surface area contributed by atoms with Crippen molar-refractivity contribution in [3.8, 4) is 0 Å². The van der Waals surface area contributed by atoms with Crippen molar-refractivity contribution in [2.45, 2.75) is 6.42 Å². The maximum Gasteiger partial charge on any atom is 0.293 e. The van der Waals surface area contributed by atoms with Crippen molar-refractivity contribution in [2.75, 3.05) is 25.1 Å². The van der Waals surface area contributed by atoms with Crippen molar-refractivity contribution in [3.05, 3.63) is 44.3 Å². The Hall–Kier alpha value is -1.22. The van der Waals surface area contributed by atoms with E-state index in [4.69, 9.17) is 4.74 Å². The molecule has 0 amide bonds. The van der Waals surface area contributed by atoms with Gasteiger partial charge in [0.05, 0.1) is 21.7 Å². The van der Waals surface area contributed by atoms with Gasteiger partial charge in [-0.1, -0.05) is 6.08 Å². The zero-order valence-corrected chi connectivity index (χ0v) is 12.4. The van der Waals surface area contributed by atoms with Crippen LogP contribution in [0.5, 0.6) is 0 Å². The number of nitrogens with one attached hydrogen (secondary N) is 1. The minimum absolute atomic E-state index is 0.142. The highest BCUT2D eigenvalue weighted by molar-refractivity contribution is 14.1. The summed E-state index contributed by atoms with van der Waals surface area (Å²) in [6, 6.07) is 2.33. The molecule has 0 heterocycles. The van der Waals surface area contributed by atoms with E-state index >= 15 is 0 Å². The summed E-state index contributed by atoms with van der Waals surface area (Å²) >= 11 is 1.72. The SMILES string of the molecule is C=CCCOCCNc1cc(F)c(I)cc1[N+](=O)[O-]. The Kier molecular flexibility index (Phi) is 6.71. The minimum atomic E-state index is -0.539. The fraction of sp³-hybridized carbons (Fsp3) is 0.333. The van der Waals surface area contributed by atoms with Crippen molar-refractivity contribution in [3.63, 3.8) is 0 Å². The summed E-state index contributed by atoms with van der Waals surface area (Å²) in [6.45, 7) is 4.87. The second kappa shape index (κ2) is 8.05. The van der Waals surface area contributed by atoms with Gasteiger partial charge in [-0.3, -0.25) is 10.1 Å². The number of hydrogen-bond donors (Lipinski definition) is 1. The van der Waals surface area contributed by atoms with Crippen LogP contribution in [0.3, 0.4) is 0 Å². The van der Waals surface area contributed by atoms with E-state index in [1.165, 1.54) is 6.07 Å². The number of nitro groups is 1. The standard InChI is InChI=1S/C12H14FIN2O3/c1-2-3-5-19-6-4-15-11-7-9(13)10(14)8-12(11)16(17)18/h2,7-8,15H,1,3-6H2. The molecule has 0 aromatic heterocycles. The third-order valence-corrected chi connectivity index (χ3v) is 3.09. The quantitative estimate of drug-likeness (QED) is 0.247. The highest BCUT2D eigenvalue weighted by atomic mass is 127. The van der Waals surface area contributed by atoms with Crippen LogP contribution in [0.1, 0.15) is 6.42 Å². The van der Waals surface area contributed by atoms with Crippen LogP contribution in [0.15, 0.2) is 24.8 Å². The smallest absolute Gasteiger partial charge is 0.293 e. The van der Waals surface area contributed by atoms with E-state index in [1.807, 2.05) is 0 Å². The van der Waals surface area contributed by atoms with E-state index in [1.54, 1.807) is 28.7 Å². The summed E-state index contributed by atoms with van der Waals surface area (Å²) in [5, 5.41) is 13.7. The van der Waals surface area contributed by atoms with Crippen molar-refractivity contribution < 1.29 is 14.1 Å². The molecule has 0 saturated carbocycles. The van der Waals surface area contributed by atoms with Crippen LogP contribution in [0.2, 0.25) is 0 Å². The van der Waals surface area contributed by atoms with Crippen LogP contribution >= 0.6 is 22.6 Å². The van der Waals surface area contributed by atoms with Crippen LogP contribution < -0.4 is 5.32 Å². The number of nitro benzene ring substituents is 1. The van der Waals surface area contributed by atoms with Gasteiger partial charge in [-0.2, -0.15) is 0 Å². The maximum absolute atomic E-state index is 13.4. The summed E-state index contributed by atoms with van der Waals surface area (Å²) in [7, 11) is 0. The summed E-state index contributed by atoms with van der Waals surface area (Å²) in [5.74, 6) is -0.485. The molecule has 1 aromatic carbocycles. The molecule has 0 atom stereocenters. The second-order valence-corrected chi connectivity index (χ2v) is 4.82. The monoisotopic (exact) mass is 380 g/mol. The van der Waals surface area contributed by atoms with Gasteiger partial charge in [0, 0.05) is 18.7 Å². The average molecular weight is 380 g/mol. The van der Waals surface area contributed by atoms with Crippen LogP contribution in [0.25, 0.3) is 0 Å². The molecule has 0 unspecified atom stereocenters. The van der Waals surface area contributed by atoms with Gasteiger partial charge in [-0.25, -0.2) is 4.39 Å².